The average molecular weight is 578 g/mol. The maximum absolute atomic E-state index is 13.4. The first-order valence-corrected chi connectivity index (χ1v) is 13.8. The number of amides is 5. The molecule has 0 saturated carbocycles. The van der Waals surface area contributed by atoms with Crippen LogP contribution in [-0.4, -0.2) is 81.8 Å². The van der Waals surface area contributed by atoms with Crippen molar-refractivity contribution < 1.29 is 33.9 Å². The summed E-state index contributed by atoms with van der Waals surface area (Å²) in [5, 5.41) is 17.5. The second-order valence-electron chi connectivity index (χ2n) is 9.15. The maximum atomic E-state index is 13.4. The van der Waals surface area contributed by atoms with Gasteiger partial charge in [0.2, 0.25) is 29.5 Å². The first kappa shape index (κ1) is 32.1. The smallest absolute Gasteiger partial charge is 0.326 e. The lowest BCUT2D eigenvalue weighted by Gasteiger charge is -2.24. The number of carboxylic acids is 1. The molecule has 0 radical (unpaired) electrons. The van der Waals surface area contributed by atoms with E-state index in [2.05, 4.69) is 20.9 Å². The van der Waals surface area contributed by atoms with Gasteiger partial charge in [-0.25, -0.2) is 4.79 Å². The van der Waals surface area contributed by atoms with Crippen LogP contribution in [0.5, 0.6) is 0 Å². The second kappa shape index (κ2) is 15.5. The molecule has 218 valence electrons. The zero-order valence-electron chi connectivity index (χ0n) is 22.0. The van der Waals surface area contributed by atoms with Gasteiger partial charge >= 0.3 is 5.97 Å². The largest absolute Gasteiger partial charge is 0.480 e. The van der Waals surface area contributed by atoms with Crippen LogP contribution in [0, 0.1) is 0 Å². The number of primary amides is 2. The normalized spacial score (nSPS) is 13.9. The predicted molar refractivity (Wildman–Crippen MR) is 149 cm³/mol. The number of aromatic amines is 1. The molecule has 0 fully saturated rings. The summed E-state index contributed by atoms with van der Waals surface area (Å²) in [7, 11) is 0. The molecule has 0 aliphatic carbocycles. The molecule has 4 atom stereocenters. The van der Waals surface area contributed by atoms with Gasteiger partial charge in [-0.1, -0.05) is 18.2 Å². The lowest BCUT2D eigenvalue weighted by Crippen LogP contribution is -2.58. The summed E-state index contributed by atoms with van der Waals surface area (Å²) in [6.07, 6.45) is 2.72. The standard InChI is InChI=1S/C25H35N7O7S/c1-40-9-8-17(25(38)39)30-24(37)19(11-21(28)34)32-23(36)18(31-22(35)15(26)6-7-20(27)33)10-13-12-29-16-5-3-2-4-14(13)16/h2-5,12,15,17-19,29H,6-11,26H2,1H3,(H2,27,33)(H2,28,34)(H,30,37)(H,31,35)(H,32,36)(H,38,39). The number of benzene rings is 1. The number of para-hydroxylation sites is 1. The Labute approximate surface area is 234 Å². The van der Waals surface area contributed by atoms with Crippen molar-refractivity contribution in [3.63, 3.8) is 0 Å². The Morgan fingerprint density at radius 2 is 1.52 bits per heavy atom. The van der Waals surface area contributed by atoms with Gasteiger partial charge in [0, 0.05) is 29.9 Å². The van der Waals surface area contributed by atoms with Crippen molar-refractivity contribution in [2.75, 3.05) is 12.0 Å². The molecule has 1 aromatic heterocycles. The van der Waals surface area contributed by atoms with Crippen molar-refractivity contribution in [2.45, 2.75) is 56.3 Å². The fraction of sp³-hybridized carbons (Fsp3) is 0.440. The fourth-order valence-electron chi connectivity index (χ4n) is 3.89. The Morgan fingerprint density at radius 1 is 0.900 bits per heavy atom. The van der Waals surface area contributed by atoms with E-state index in [0.29, 0.717) is 11.3 Å². The summed E-state index contributed by atoms with van der Waals surface area (Å²) in [4.78, 5) is 76.6. The number of nitrogens with one attached hydrogen (secondary N) is 4. The molecular formula is C25H35N7O7S. The Morgan fingerprint density at radius 3 is 2.15 bits per heavy atom. The first-order chi connectivity index (χ1) is 18.9. The highest BCUT2D eigenvalue weighted by molar-refractivity contribution is 7.98. The summed E-state index contributed by atoms with van der Waals surface area (Å²) in [6, 6.07) is 2.10. The van der Waals surface area contributed by atoms with Crippen LogP contribution in [0.4, 0.5) is 0 Å². The van der Waals surface area contributed by atoms with Gasteiger partial charge in [0.05, 0.1) is 12.5 Å². The van der Waals surface area contributed by atoms with Crippen LogP contribution in [0.3, 0.4) is 0 Å². The SMILES string of the molecule is CSCCC(NC(=O)C(CC(N)=O)NC(=O)C(Cc1c[nH]c2ccccc12)NC(=O)C(N)CCC(N)=O)C(=O)O. The number of nitrogens with two attached hydrogens (primary N) is 3. The van der Waals surface area contributed by atoms with Gasteiger partial charge in [-0.05, 0) is 36.5 Å². The van der Waals surface area contributed by atoms with E-state index in [0.717, 1.165) is 10.9 Å². The van der Waals surface area contributed by atoms with Gasteiger partial charge in [0.15, 0.2) is 0 Å². The summed E-state index contributed by atoms with van der Waals surface area (Å²) in [6.45, 7) is 0. The maximum Gasteiger partial charge on any atom is 0.326 e. The van der Waals surface area contributed by atoms with Gasteiger partial charge in [-0.3, -0.25) is 24.0 Å². The van der Waals surface area contributed by atoms with Crippen molar-refractivity contribution in [1.82, 2.24) is 20.9 Å². The molecule has 0 aliphatic rings. The number of carbonyl (C=O) groups is 6. The lowest BCUT2D eigenvalue weighted by atomic mass is 10.0. The number of hydrogen-bond acceptors (Lipinski definition) is 8. The van der Waals surface area contributed by atoms with E-state index in [1.54, 1.807) is 18.5 Å². The van der Waals surface area contributed by atoms with E-state index in [1.165, 1.54) is 11.8 Å². The topological polar surface area (TPSA) is 253 Å². The average Bonchev–Trinajstić information content (AvgIpc) is 3.30. The van der Waals surface area contributed by atoms with Gasteiger partial charge in [-0.2, -0.15) is 11.8 Å². The molecule has 0 aliphatic heterocycles. The number of carboxylic acid groups (broad SMARTS) is 1. The molecule has 2 rings (SSSR count). The molecule has 0 bridgehead atoms. The van der Waals surface area contributed by atoms with E-state index in [1.807, 2.05) is 18.2 Å². The zero-order valence-corrected chi connectivity index (χ0v) is 22.8. The highest BCUT2D eigenvalue weighted by Gasteiger charge is 2.31. The number of H-pyrrole nitrogens is 1. The van der Waals surface area contributed by atoms with Crippen molar-refractivity contribution in [2.24, 2.45) is 17.2 Å². The summed E-state index contributed by atoms with van der Waals surface area (Å²) in [5.41, 5.74) is 17.7. The summed E-state index contributed by atoms with van der Waals surface area (Å²) in [5.74, 6) is -4.88. The van der Waals surface area contributed by atoms with E-state index in [-0.39, 0.29) is 25.7 Å². The molecule has 2 aromatic rings. The molecule has 0 saturated heterocycles. The molecule has 15 heteroatoms. The number of thioether (sulfide) groups is 1. The van der Waals surface area contributed by atoms with Gasteiger partial charge in [-0.15, -0.1) is 0 Å². The second-order valence-corrected chi connectivity index (χ2v) is 10.1. The molecule has 0 spiro atoms. The molecule has 11 N–H and O–H groups in total. The third-order valence-electron chi connectivity index (χ3n) is 6.03. The van der Waals surface area contributed by atoms with Crippen LogP contribution in [0.25, 0.3) is 10.9 Å². The van der Waals surface area contributed by atoms with Crippen molar-refractivity contribution in [3.8, 4) is 0 Å². The van der Waals surface area contributed by atoms with Crippen LogP contribution in [0.15, 0.2) is 30.5 Å². The molecule has 40 heavy (non-hydrogen) atoms. The quantitative estimate of drug-likeness (QED) is 0.108. The van der Waals surface area contributed by atoms with Gasteiger partial charge in [0.25, 0.3) is 0 Å². The van der Waals surface area contributed by atoms with Crippen LogP contribution >= 0.6 is 11.8 Å². The Hall–Kier alpha value is -4.11. The number of aromatic nitrogens is 1. The van der Waals surface area contributed by atoms with Gasteiger partial charge < -0.3 is 43.2 Å². The fourth-order valence-corrected chi connectivity index (χ4v) is 4.36. The van der Waals surface area contributed by atoms with E-state index >= 15 is 0 Å². The zero-order chi connectivity index (χ0) is 29.8. The van der Waals surface area contributed by atoms with Crippen molar-refractivity contribution in [1.29, 1.82) is 0 Å². The molecule has 5 amide bonds. The predicted octanol–water partition coefficient (Wildman–Crippen LogP) is -1.53. The molecule has 1 heterocycles. The summed E-state index contributed by atoms with van der Waals surface area (Å²) >= 11 is 1.39. The first-order valence-electron chi connectivity index (χ1n) is 12.4. The lowest BCUT2D eigenvalue weighted by molar-refractivity contribution is -0.142. The monoisotopic (exact) mass is 577 g/mol. The molecule has 14 nitrogen and oxygen atoms in total. The molecular weight excluding hydrogens is 542 g/mol. The minimum Gasteiger partial charge on any atom is -0.480 e. The number of fused-ring (bicyclic) bond motifs is 1. The minimum absolute atomic E-state index is 0.0273. The van der Waals surface area contributed by atoms with Crippen LogP contribution in [0.2, 0.25) is 0 Å². The van der Waals surface area contributed by atoms with E-state index in [9.17, 15) is 33.9 Å². The number of rotatable bonds is 17. The highest BCUT2D eigenvalue weighted by atomic mass is 32.2. The molecule has 1 aromatic carbocycles. The van der Waals surface area contributed by atoms with Crippen LogP contribution in [0.1, 0.15) is 31.2 Å². The van der Waals surface area contributed by atoms with Gasteiger partial charge in [0.1, 0.15) is 18.1 Å². The number of carbonyl (C=O) groups excluding carboxylic acids is 5. The van der Waals surface area contributed by atoms with Crippen LogP contribution in [-0.2, 0) is 35.2 Å². The Bertz CT molecular complexity index is 1240. The molecule has 4 unspecified atom stereocenters. The van der Waals surface area contributed by atoms with Crippen LogP contribution < -0.4 is 33.2 Å². The Kier molecular flexibility index (Phi) is 12.4. The number of aliphatic carboxylic acids is 1. The minimum atomic E-state index is -1.51. The van der Waals surface area contributed by atoms with E-state index in [4.69, 9.17) is 17.2 Å². The van der Waals surface area contributed by atoms with E-state index < -0.39 is 66.1 Å². The Balaban J connectivity index is 2.29. The third-order valence-corrected chi connectivity index (χ3v) is 6.68. The third kappa shape index (κ3) is 9.89. The van der Waals surface area contributed by atoms with Crippen molar-refractivity contribution in [3.05, 3.63) is 36.0 Å². The summed E-state index contributed by atoms with van der Waals surface area (Å²) < 4.78 is 0. The number of hydrogen-bond donors (Lipinski definition) is 8. The highest BCUT2D eigenvalue weighted by Crippen LogP contribution is 2.19. The van der Waals surface area contributed by atoms with Crippen molar-refractivity contribution >= 4 is 58.2 Å².